The molecule has 1 atom stereocenters. The van der Waals surface area contributed by atoms with Crippen LogP contribution in [0.5, 0.6) is 0 Å². The Morgan fingerprint density at radius 2 is 1.88 bits per heavy atom. The van der Waals surface area contributed by atoms with Crippen molar-refractivity contribution in [3.63, 3.8) is 0 Å². The Kier molecular flexibility index (Phi) is 4.96. The fourth-order valence-electron chi connectivity index (χ4n) is 1.62. The molecule has 90 valence electrons. The lowest BCUT2D eigenvalue weighted by molar-refractivity contribution is 0.184. The zero-order chi connectivity index (χ0) is 12.0. The molecular weight excluding hydrogens is 224 g/mol. The van der Waals surface area contributed by atoms with Crippen LogP contribution in [0, 0.1) is 0 Å². The van der Waals surface area contributed by atoms with Crippen molar-refractivity contribution in [2.45, 2.75) is 25.4 Å². The highest BCUT2D eigenvalue weighted by Crippen LogP contribution is 2.07. The summed E-state index contributed by atoms with van der Waals surface area (Å²) < 4.78 is 21.8. The first-order valence-corrected chi connectivity index (χ1v) is 7.43. The predicted octanol–water partition coefficient (Wildman–Crippen LogP) is 1.41. The minimum atomic E-state index is -3.07. The van der Waals surface area contributed by atoms with Gasteiger partial charge in [0, 0.05) is 6.26 Å². The van der Waals surface area contributed by atoms with Crippen molar-refractivity contribution in [1.82, 2.24) is 0 Å². The van der Waals surface area contributed by atoms with Gasteiger partial charge in [-0.3, -0.25) is 0 Å². The lowest BCUT2D eigenvalue weighted by Crippen LogP contribution is -2.19. The summed E-state index contributed by atoms with van der Waals surface area (Å²) in [5, 5.41) is 9.48. The Bertz CT molecular complexity index is 398. The number of benzene rings is 1. The maximum absolute atomic E-state index is 10.9. The third kappa shape index (κ3) is 5.88. The van der Waals surface area contributed by atoms with E-state index in [1.165, 1.54) is 5.56 Å². The van der Waals surface area contributed by atoms with Crippen LogP contribution in [0.3, 0.4) is 0 Å². The fraction of sp³-hybridized carbons (Fsp3) is 0.500. The fourth-order valence-corrected chi connectivity index (χ4v) is 2.48. The van der Waals surface area contributed by atoms with E-state index >= 15 is 0 Å². The SMILES string of the molecule is CS(=O)(=O)CC(O)CCCc1ccccc1. The van der Waals surface area contributed by atoms with Gasteiger partial charge in [-0.15, -0.1) is 0 Å². The van der Waals surface area contributed by atoms with Gasteiger partial charge in [-0.1, -0.05) is 30.3 Å². The summed E-state index contributed by atoms with van der Waals surface area (Å²) in [4.78, 5) is 0. The molecule has 1 aromatic rings. The molecular formula is C12H18O3S. The molecule has 1 aromatic carbocycles. The second kappa shape index (κ2) is 6.01. The van der Waals surface area contributed by atoms with Crippen molar-refractivity contribution >= 4 is 9.84 Å². The Hall–Kier alpha value is -0.870. The minimum absolute atomic E-state index is 0.137. The topological polar surface area (TPSA) is 54.4 Å². The zero-order valence-electron chi connectivity index (χ0n) is 9.46. The number of rotatable bonds is 6. The Morgan fingerprint density at radius 1 is 1.25 bits per heavy atom. The summed E-state index contributed by atoms with van der Waals surface area (Å²) in [6, 6.07) is 9.97. The zero-order valence-corrected chi connectivity index (χ0v) is 10.3. The highest BCUT2D eigenvalue weighted by molar-refractivity contribution is 7.90. The minimum Gasteiger partial charge on any atom is -0.392 e. The van der Waals surface area contributed by atoms with Crippen LogP contribution in [0.2, 0.25) is 0 Å². The van der Waals surface area contributed by atoms with Crippen molar-refractivity contribution < 1.29 is 13.5 Å². The van der Waals surface area contributed by atoms with E-state index in [2.05, 4.69) is 0 Å². The van der Waals surface area contributed by atoms with Crippen molar-refractivity contribution in [2.24, 2.45) is 0 Å². The molecule has 0 fully saturated rings. The normalized spacial score (nSPS) is 13.6. The molecule has 0 aliphatic heterocycles. The van der Waals surface area contributed by atoms with E-state index < -0.39 is 15.9 Å². The van der Waals surface area contributed by atoms with Gasteiger partial charge < -0.3 is 5.11 Å². The summed E-state index contributed by atoms with van der Waals surface area (Å²) in [6.07, 6.45) is 2.62. The molecule has 0 bridgehead atoms. The Balaban J connectivity index is 2.26. The molecule has 0 radical (unpaired) electrons. The molecule has 0 aliphatic carbocycles. The van der Waals surface area contributed by atoms with E-state index in [9.17, 15) is 13.5 Å². The number of aliphatic hydroxyl groups is 1. The van der Waals surface area contributed by atoms with Gasteiger partial charge in [0.25, 0.3) is 0 Å². The van der Waals surface area contributed by atoms with Crippen LogP contribution in [0.25, 0.3) is 0 Å². The van der Waals surface area contributed by atoms with Gasteiger partial charge in [0.05, 0.1) is 11.9 Å². The van der Waals surface area contributed by atoms with E-state index in [1.807, 2.05) is 30.3 Å². The van der Waals surface area contributed by atoms with E-state index in [1.54, 1.807) is 0 Å². The van der Waals surface area contributed by atoms with Crippen LogP contribution in [0.15, 0.2) is 30.3 Å². The van der Waals surface area contributed by atoms with Crippen LogP contribution < -0.4 is 0 Å². The van der Waals surface area contributed by atoms with E-state index in [-0.39, 0.29) is 5.75 Å². The summed E-state index contributed by atoms with van der Waals surface area (Å²) in [7, 11) is -3.07. The lowest BCUT2D eigenvalue weighted by atomic mass is 10.1. The van der Waals surface area contributed by atoms with Crippen molar-refractivity contribution in [3.05, 3.63) is 35.9 Å². The van der Waals surface area contributed by atoms with Gasteiger partial charge in [-0.25, -0.2) is 8.42 Å². The highest BCUT2D eigenvalue weighted by Gasteiger charge is 2.11. The summed E-state index contributed by atoms with van der Waals surface area (Å²) in [5.74, 6) is -0.137. The number of aliphatic hydroxyl groups excluding tert-OH is 1. The first kappa shape index (κ1) is 13.2. The van der Waals surface area contributed by atoms with E-state index in [0.29, 0.717) is 6.42 Å². The average molecular weight is 242 g/mol. The molecule has 16 heavy (non-hydrogen) atoms. The summed E-state index contributed by atoms with van der Waals surface area (Å²) in [6.45, 7) is 0. The van der Waals surface area contributed by atoms with Gasteiger partial charge in [0.2, 0.25) is 0 Å². The largest absolute Gasteiger partial charge is 0.392 e. The molecule has 0 amide bonds. The Morgan fingerprint density at radius 3 is 2.44 bits per heavy atom. The molecule has 0 aromatic heterocycles. The van der Waals surface area contributed by atoms with Gasteiger partial charge in [0.1, 0.15) is 9.84 Å². The number of hydrogen-bond acceptors (Lipinski definition) is 3. The van der Waals surface area contributed by atoms with Gasteiger partial charge >= 0.3 is 0 Å². The summed E-state index contributed by atoms with van der Waals surface area (Å²) >= 11 is 0. The quantitative estimate of drug-likeness (QED) is 0.820. The van der Waals surface area contributed by atoms with E-state index in [0.717, 1.165) is 19.1 Å². The van der Waals surface area contributed by atoms with Crippen LogP contribution in [0.4, 0.5) is 0 Å². The number of hydrogen-bond donors (Lipinski definition) is 1. The first-order valence-electron chi connectivity index (χ1n) is 5.37. The average Bonchev–Trinajstić information content (AvgIpc) is 2.16. The van der Waals surface area contributed by atoms with Crippen LogP contribution in [0.1, 0.15) is 18.4 Å². The van der Waals surface area contributed by atoms with Crippen LogP contribution >= 0.6 is 0 Å². The highest BCUT2D eigenvalue weighted by atomic mass is 32.2. The molecule has 0 aliphatic rings. The smallest absolute Gasteiger partial charge is 0.149 e. The number of aryl methyl sites for hydroxylation is 1. The molecule has 3 nitrogen and oxygen atoms in total. The first-order chi connectivity index (χ1) is 7.47. The second-order valence-corrected chi connectivity index (χ2v) is 6.31. The number of sulfone groups is 1. The molecule has 0 saturated heterocycles. The van der Waals surface area contributed by atoms with E-state index in [4.69, 9.17) is 0 Å². The third-order valence-electron chi connectivity index (χ3n) is 2.34. The molecule has 4 heteroatoms. The molecule has 1 N–H and O–H groups in total. The molecule has 0 heterocycles. The molecule has 1 rings (SSSR count). The van der Waals surface area contributed by atoms with Crippen molar-refractivity contribution in [3.8, 4) is 0 Å². The van der Waals surface area contributed by atoms with Crippen molar-refractivity contribution in [2.75, 3.05) is 12.0 Å². The predicted molar refractivity (Wildman–Crippen MR) is 65.1 cm³/mol. The molecule has 0 saturated carbocycles. The molecule has 1 unspecified atom stereocenters. The lowest BCUT2D eigenvalue weighted by Gasteiger charge is -2.08. The monoisotopic (exact) mass is 242 g/mol. The standard InChI is InChI=1S/C12H18O3S/c1-16(14,15)10-12(13)9-5-8-11-6-3-2-4-7-11/h2-4,6-7,12-13H,5,8-10H2,1H3. The third-order valence-corrected chi connectivity index (χ3v) is 3.33. The molecule has 0 spiro atoms. The van der Waals surface area contributed by atoms with Crippen molar-refractivity contribution in [1.29, 1.82) is 0 Å². The second-order valence-electron chi connectivity index (χ2n) is 4.12. The van der Waals surface area contributed by atoms with Gasteiger partial charge in [-0.2, -0.15) is 0 Å². The van der Waals surface area contributed by atoms with Crippen LogP contribution in [-0.4, -0.2) is 31.6 Å². The summed E-state index contributed by atoms with van der Waals surface area (Å²) in [5.41, 5.74) is 1.22. The maximum atomic E-state index is 10.9. The van der Waals surface area contributed by atoms with Gasteiger partial charge in [-0.05, 0) is 24.8 Å². The Labute approximate surface area is 97.0 Å². The maximum Gasteiger partial charge on any atom is 0.149 e. The van der Waals surface area contributed by atoms with Gasteiger partial charge in [0.15, 0.2) is 0 Å². The van der Waals surface area contributed by atoms with Crippen LogP contribution in [-0.2, 0) is 16.3 Å².